The van der Waals surface area contributed by atoms with E-state index in [-0.39, 0.29) is 10.9 Å². The van der Waals surface area contributed by atoms with Crippen molar-refractivity contribution in [1.82, 2.24) is 4.57 Å². The van der Waals surface area contributed by atoms with E-state index in [9.17, 15) is 18.0 Å². The third kappa shape index (κ3) is 5.72. The molecule has 0 aliphatic rings. The summed E-state index contributed by atoms with van der Waals surface area (Å²) in [5.74, 6) is 0.693. The van der Waals surface area contributed by atoms with E-state index in [2.05, 4.69) is 5.32 Å². The van der Waals surface area contributed by atoms with Crippen LogP contribution in [0.4, 0.5) is 11.4 Å². The number of anilines is 2. The first kappa shape index (κ1) is 24.5. The molecule has 1 N–H and O–H groups in total. The number of hydrogen-bond donors (Lipinski definition) is 1. The zero-order chi connectivity index (χ0) is 25.2. The molecule has 182 valence electrons. The average Bonchev–Trinajstić information content (AvgIpc) is 3.13. The molecule has 4 aromatic rings. The maximum atomic E-state index is 12.8. The van der Waals surface area contributed by atoms with E-state index >= 15 is 0 Å². The topological polar surface area (TPSA) is 97.7 Å². The molecule has 35 heavy (non-hydrogen) atoms. The van der Waals surface area contributed by atoms with Crippen LogP contribution in [-0.4, -0.2) is 31.7 Å². The predicted octanol–water partition coefficient (Wildman–Crippen LogP) is 4.84. The Balaban J connectivity index is 1.50. The van der Waals surface area contributed by atoms with Crippen molar-refractivity contribution in [1.29, 1.82) is 0 Å². The smallest absolute Gasteiger partial charge is 0.308 e. The van der Waals surface area contributed by atoms with Crippen LogP contribution in [0.25, 0.3) is 10.2 Å². The predicted molar refractivity (Wildman–Crippen MR) is 140 cm³/mol. The van der Waals surface area contributed by atoms with Crippen LogP contribution in [0.3, 0.4) is 0 Å². The maximum Gasteiger partial charge on any atom is 0.308 e. The van der Waals surface area contributed by atoms with Crippen molar-refractivity contribution in [3.05, 3.63) is 82.5 Å². The quantitative estimate of drug-likeness (QED) is 0.365. The highest BCUT2D eigenvalue weighted by atomic mass is 32.2. The number of thiazole rings is 1. The van der Waals surface area contributed by atoms with Crippen LogP contribution >= 0.6 is 11.3 Å². The van der Waals surface area contributed by atoms with E-state index in [1.807, 2.05) is 44.2 Å². The third-order valence-electron chi connectivity index (χ3n) is 5.20. The van der Waals surface area contributed by atoms with Crippen molar-refractivity contribution in [2.24, 2.45) is 0 Å². The van der Waals surface area contributed by atoms with Gasteiger partial charge in [0, 0.05) is 11.7 Å². The second-order valence-electron chi connectivity index (χ2n) is 8.24. The minimum Gasteiger partial charge on any atom is -0.457 e. The normalized spacial score (nSPS) is 11.5. The van der Waals surface area contributed by atoms with Gasteiger partial charge in [-0.25, -0.2) is 8.42 Å². The number of benzene rings is 3. The van der Waals surface area contributed by atoms with Crippen LogP contribution in [0, 0.1) is 0 Å². The zero-order valence-electron chi connectivity index (χ0n) is 19.5. The van der Waals surface area contributed by atoms with E-state index in [1.165, 1.54) is 0 Å². The number of aromatic nitrogens is 1. The summed E-state index contributed by atoms with van der Waals surface area (Å²) in [5, 5.41) is 2.73. The molecule has 10 heteroatoms. The number of nitrogens with one attached hydrogen (secondary N) is 1. The Morgan fingerprint density at radius 1 is 1.03 bits per heavy atom. The van der Waals surface area contributed by atoms with Crippen molar-refractivity contribution in [3.8, 4) is 11.5 Å². The lowest BCUT2D eigenvalue weighted by atomic mass is 10.2. The molecule has 0 aliphatic heterocycles. The number of carbonyl (C=O) groups is 1. The summed E-state index contributed by atoms with van der Waals surface area (Å²) in [6.07, 6.45) is 1.05. The molecular formula is C25H25N3O5S2. The summed E-state index contributed by atoms with van der Waals surface area (Å²) < 4.78 is 34.1. The fourth-order valence-corrected chi connectivity index (χ4v) is 5.55. The second-order valence-corrected chi connectivity index (χ2v) is 11.1. The van der Waals surface area contributed by atoms with Crippen LogP contribution in [0.5, 0.6) is 11.5 Å². The standard InChI is InChI=1S/C25H25N3O5S2/c1-17(2)28-22-14-9-18(15-23(22)34-25(28)30)26-24(29)16-27(35(3,31)32)19-10-12-21(13-11-19)33-20-7-5-4-6-8-20/h4-15,17H,16H2,1-3H3,(H,26,29). The van der Waals surface area contributed by atoms with Gasteiger partial charge in [-0.05, 0) is 68.4 Å². The van der Waals surface area contributed by atoms with Gasteiger partial charge in [-0.15, -0.1) is 0 Å². The second kappa shape index (κ2) is 9.93. The maximum absolute atomic E-state index is 12.8. The van der Waals surface area contributed by atoms with Gasteiger partial charge >= 0.3 is 4.87 Å². The zero-order valence-corrected chi connectivity index (χ0v) is 21.1. The highest BCUT2D eigenvalue weighted by molar-refractivity contribution is 7.92. The SMILES string of the molecule is CC(C)n1c(=O)sc2cc(NC(=O)CN(c3ccc(Oc4ccccc4)cc3)S(C)(=O)=O)ccc21. The molecule has 0 unspecified atom stereocenters. The molecule has 0 fully saturated rings. The molecule has 0 radical (unpaired) electrons. The molecular weight excluding hydrogens is 486 g/mol. The van der Waals surface area contributed by atoms with Crippen LogP contribution in [0.1, 0.15) is 19.9 Å². The van der Waals surface area contributed by atoms with Crippen molar-refractivity contribution in [2.45, 2.75) is 19.9 Å². The summed E-state index contributed by atoms with van der Waals surface area (Å²) >= 11 is 1.10. The molecule has 0 spiro atoms. The fraction of sp³-hybridized carbons (Fsp3) is 0.200. The summed E-state index contributed by atoms with van der Waals surface area (Å²) in [4.78, 5) is 25.0. The molecule has 1 amide bonds. The average molecular weight is 512 g/mol. The highest BCUT2D eigenvalue weighted by Gasteiger charge is 2.21. The lowest BCUT2D eigenvalue weighted by molar-refractivity contribution is -0.114. The van der Waals surface area contributed by atoms with Crippen molar-refractivity contribution < 1.29 is 17.9 Å². The molecule has 3 aromatic carbocycles. The molecule has 0 bridgehead atoms. The van der Waals surface area contributed by atoms with Crippen LogP contribution in [-0.2, 0) is 14.8 Å². The van der Waals surface area contributed by atoms with Gasteiger partial charge in [0.25, 0.3) is 0 Å². The first-order valence-corrected chi connectivity index (χ1v) is 13.5. The van der Waals surface area contributed by atoms with E-state index in [4.69, 9.17) is 4.74 Å². The minimum absolute atomic E-state index is 0.0180. The number of fused-ring (bicyclic) bond motifs is 1. The summed E-state index contributed by atoms with van der Waals surface area (Å²) in [5.41, 5.74) is 1.62. The van der Waals surface area contributed by atoms with Gasteiger partial charge in [0.05, 0.1) is 22.2 Å². The number of para-hydroxylation sites is 1. The third-order valence-corrected chi connectivity index (χ3v) is 7.26. The monoisotopic (exact) mass is 511 g/mol. The number of amides is 1. The first-order chi connectivity index (χ1) is 16.6. The van der Waals surface area contributed by atoms with Crippen molar-refractivity contribution in [3.63, 3.8) is 0 Å². The fourth-order valence-electron chi connectivity index (χ4n) is 3.64. The van der Waals surface area contributed by atoms with Gasteiger partial charge in [-0.1, -0.05) is 29.5 Å². The Kier molecular flexibility index (Phi) is 6.95. The number of rotatable bonds is 8. The molecule has 4 rings (SSSR count). The van der Waals surface area contributed by atoms with Crippen LogP contribution in [0.15, 0.2) is 77.6 Å². The number of ether oxygens (including phenoxy) is 1. The number of sulfonamides is 1. The molecule has 1 heterocycles. The number of nitrogens with zero attached hydrogens (tertiary/aromatic N) is 2. The van der Waals surface area contributed by atoms with Gasteiger partial charge in [0.15, 0.2) is 0 Å². The van der Waals surface area contributed by atoms with Crippen molar-refractivity contribution in [2.75, 3.05) is 22.4 Å². The Morgan fingerprint density at radius 3 is 2.31 bits per heavy atom. The molecule has 0 aliphatic carbocycles. The molecule has 8 nitrogen and oxygen atoms in total. The highest BCUT2D eigenvalue weighted by Crippen LogP contribution is 2.27. The Labute approximate surface area is 207 Å². The van der Waals surface area contributed by atoms with Gasteiger partial charge < -0.3 is 10.1 Å². The summed E-state index contributed by atoms with van der Waals surface area (Å²) in [6, 6.07) is 20.9. The number of hydrogen-bond acceptors (Lipinski definition) is 6. The van der Waals surface area contributed by atoms with E-state index in [0.717, 1.165) is 32.1 Å². The van der Waals surface area contributed by atoms with Gasteiger partial charge in [-0.2, -0.15) is 0 Å². The van der Waals surface area contributed by atoms with Crippen molar-refractivity contribution >= 4 is 48.9 Å². The molecule has 0 saturated carbocycles. The van der Waals surface area contributed by atoms with Gasteiger partial charge in [0.1, 0.15) is 18.0 Å². The minimum atomic E-state index is -3.73. The Bertz CT molecular complexity index is 1510. The molecule has 0 saturated heterocycles. The molecule has 0 atom stereocenters. The molecule has 1 aromatic heterocycles. The van der Waals surface area contributed by atoms with E-state index in [0.29, 0.717) is 22.9 Å². The summed E-state index contributed by atoms with van der Waals surface area (Å²) in [6.45, 7) is 3.46. The van der Waals surface area contributed by atoms with E-state index in [1.54, 1.807) is 47.0 Å². The van der Waals surface area contributed by atoms with E-state index < -0.39 is 22.5 Å². The Morgan fingerprint density at radius 2 is 1.69 bits per heavy atom. The lowest BCUT2D eigenvalue weighted by Gasteiger charge is -2.22. The Hall–Kier alpha value is -3.63. The van der Waals surface area contributed by atoms with Crippen LogP contribution < -0.4 is 19.2 Å². The number of carbonyl (C=O) groups excluding carboxylic acids is 1. The van der Waals surface area contributed by atoms with Gasteiger partial charge in [-0.3, -0.25) is 18.5 Å². The lowest BCUT2D eigenvalue weighted by Crippen LogP contribution is -2.37. The summed E-state index contributed by atoms with van der Waals surface area (Å²) in [7, 11) is -3.73. The largest absolute Gasteiger partial charge is 0.457 e. The van der Waals surface area contributed by atoms with Gasteiger partial charge in [0.2, 0.25) is 15.9 Å². The van der Waals surface area contributed by atoms with Crippen LogP contribution in [0.2, 0.25) is 0 Å². The first-order valence-electron chi connectivity index (χ1n) is 10.9.